The molecular formula is C24H25FN2O4S. The second-order valence-corrected chi connectivity index (χ2v) is 9.23. The van der Waals surface area contributed by atoms with Crippen molar-refractivity contribution in [3.63, 3.8) is 0 Å². The van der Waals surface area contributed by atoms with E-state index >= 15 is 0 Å². The van der Waals surface area contributed by atoms with Crippen molar-refractivity contribution in [2.45, 2.75) is 25.7 Å². The molecule has 0 bridgehead atoms. The van der Waals surface area contributed by atoms with Gasteiger partial charge < -0.3 is 9.64 Å². The first-order valence-corrected chi connectivity index (χ1v) is 11.4. The molecule has 0 aliphatic rings. The lowest BCUT2D eigenvalue weighted by Gasteiger charge is -2.18. The van der Waals surface area contributed by atoms with Gasteiger partial charge in [-0.3, -0.25) is 9.52 Å². The number of carbonyl (C=O) groups is 1. The van der Waals surface area contributed by atoms with E-state index in [0.717, 1.165) is 11.1 Å². The van der Waals surface area contributed by atoms with Crippen molar-refractivity contribution < 1.29 is 22.3 Å². The first-order valence-electron chi connectivity index (χ1n) is 9.92. The third kappa shape index (κ3) is 5.45. The molecule has 0 fully saturated rings. The van der Waals surface area contributed by atoms with Crippen molar-refractivity contribution in [3.05, 3.63) is 83.2 Å². The van der Waals surface area contributed by atoms with E-state index in [2.05, 4.69) is 4.72 Å². The van der Waals surface area contributed by atoms with E-state index in [1.807, 2.05) is 19.9 Å². The highest BCUT2D eigenvalue weighted by molar-refractivity contribution is 7.92. The number of carbonyl (C=O) groups excluding carboxylic acids is 1. The molecule has 0 heterocycles. The van der Waals surface area contributed by atoms with Crippen LogP contribution in [-0.2, 0) is 14.8 Å². The summed E-state index contributed by atoms with van der Waals surface area (Å²) in [6.07, 6.45) is 0. The van der Waals surface area contributed by atoms with E-state index < -0.39 is 10.0 Å². The van der Waals surface area contributed by atoms with Crippen LogP contribution in [0.25, 0.3) is 0 Å². The summed E-state index contributed by atoms with van der Waals surface area (Å²) in [6, 6.07) is 15.3. The van der Waals surface area contributed by atoms with Gasteiger partial charge in [-0.1, -0.05) is 6.07 Å². The zero-order chi connectivity index (χ0) is 23.5. The number of rotatable bonds is 7. The van der Waals surface area contributed by atoms with Gasteiger partial charge in [0.15, 0.2) is 6.61 Å². The minimum absolute atomic E-state index is 0.0929. The van der Waals surface area contributed by atoms with Crippen LogP contribution in [0, 0.1) is 26.6 Å². The number of likely N-dealkylation sites (N-methyl/N-ethyl adjacent to an activating group) is 1. The summed E-state index contributed by atoms with van der Waals surface area (Å²) in [6.45, 7) is 5.33. The Balaban J connectivity index is 1.68. The molecule has 0 aliphatic heterocycles. The highest BCUT2D eigenvalue weighted by atomic mass is 32.2. The molecule has 0 saturated heterocycles. The van der Waals surface area contributed by atoms with Gasteiger partial charge in [0, 0.05) is 18.4 Å². The summed E-state index contributed by atoms with van der Waals surface area (Å²) in [7, 11) is -2.21. The Morgan fingerprint density at radius 3 is 2.25 bits per heavy atom. The van der Waals surface area contributed by atoms with Crippen molar-refractivity contribution in [1.29, 1.82) is 0 Å². The molecule has 0 saturated carbocycles. The van der Waals surface area contributed by atoms with Crippen LogP contribution in [0.5, 0.6) is 5.75 Å². The number of anilines is 2. The second-order valence-electron chi connectivity index (χ2n) is 7.55. The van der Waals surface area contributed by atoms with Crippen LogP contribution in [0.4, 0.5) is 15.8 Å². The maximum atomic E-state index is 13.1. The average molecular weight is 457 g/mol. The summed E-state index contributed by atoms with van der Waals surface area (Å²) >= 11 is 0. The van der Waals surface area contributed by atoms with Crippen LogP contribution in [0.15, 0.2) is 65.6 Å². The fourth-order valence-corrected chi connectivity index (χ4v) is 4.15. The molecule has 8 heteroatoms. The second kappa shape index (κ2) is 9.40. The molecule has 0 unspecified atom stereocenters. The van der Waals surface area contributed by atoms with Crippen molar-refractivity contribution in [1.82, 2.24) is 0 Å². The Hall–Kier alpha value is -3.39. The van der Waals surface area contributed by atoms with Crippen LogP contribution in [0.1, 0.15) is 16.7 Å². The minimum Gasteiger partial charge on any atom is -0.483 e. The number of halogens is 1. The van der Waals surface area contributed by atoms with E-state index in [-0.39, 0.29) is 23.2 Å². The number of aryl methyl sites for hydroxylation is 3. The molecule has 3 aromatic rings. The highest BCUT2D eigenvalue weighted by Gasteiger charge is 2.17. The lowest BCUT2D eigenvalue weighted by Crippen LogP contribution is -2.31. The van der Waals surface area contributed by atoms with Crippen molar-refractivity contribution in [2.24, 2.45) is 0 Å². The maximum absolute atomic E-state index is 13.1. The SMILES string of the molecule is Cc1ccc(NS(=O)(=O)c2ccc(OCC(=O)N(C)c3ccc(F)cc3)c(C)c2)cc1C. The maximum Gasteiger partial charge on any atom is 0.264 e. The number of nitrogens with zero attached hydrogens (tertiary/aromatic N) is 1. The van der Waals surface area contributed by atoms with Crippen LogP contribution < -0.4 is 14.4 Å². The third-order valence-corrected chi connectivity index (χ3v) is 6.53. The predicted molar refractivity (Wildman–Crippen MR) is 123 cm³/mol. The molecule has 0 aromatic heterocycles. The van der Waals surface area contributed by atoms with Gasteiger partial charge in [-0.25, -0.2) is 12.8 Å². The Kier molecular flexibility index (Phi) is 6.84. The van der Waals surface area contributed by atoms with Crippen molar-refractivity contribution in [3.8, 4) is 5.75 Å². The van der Waals surface area contributed by atoms with Crippen LogP contribution in [0.2, 0.25) is 0 Å². The molecule has 32 heavy (non-hydrogen) atoms. The predicted octanol–water partition coefficient (Wildman–Crippen LogP) is 4.59. The lowest BCUT2D eigenvalue weighted by atomic mass is 10.1. The molecule has 0 spiro atoms. The number of sulfonamides is 1. The number of hydrogen-bond donors (Lipinski definition) is 1. The van der Waals surface area contributed by atoms with Crippen molar-refractivity contribution >= 4 is 27.3 Å². The number of amides is 1. The van der Waals surface area contributed by atoms with Gasteiger partial charge in [0.05, 0.1) is 4.90 Å². The molecule has 168 valence electrons. The zero-order valence-electron chi connectivity index (χ0n) is 18.3. The fraction of sp³-hybridized carbons (Fsp3) is 0.208. The molecule has 6 nitrogen and oxygen atoms in total. The van der Waals surface area contributed by atoms with E-state index in [4.69, 9.17) is 4.74 Å². The number of nitrogens with one attached hydrogen (secondary N) is 1. The molecule has 1 amide bonds. The third-order valence-electron chi connectivity index (χ3n) is 5.15. The quantitative estimate of drug-likeness (QED) is 0.564. The van der Waals surface area contributed by atoms with Gasteiger partial charge in [0.1, 0.15) is 11.6 Å². The minimum atomic E-state index is -3.78. The van der Waals surface area contributed by atoms with Gasteiger partial charge in [-0.2, -0.15) is 0 Å². The lowest BCUT2D eigenvalue weighted by molar-refractivity contribution is -0.120. The van der Waals surface area contributed by atoms with E-state index in [1.165, 1.54) is 47.4 Å². The monoisotopic (exact) mass is 456 g/mol. The van der Waals surface area contributed by atoms with Gasteiger partial charge in [0.25, 0.3) is 15.9 Å². The summed E-state index contributed by atoms with van der Waals surface area (Å²) < 4.78 is 46.8. The Morgan fingerprint density at radius 2 is 1.62 bits per heavy atom. The molecule has 0 radical (unpaired) electrons. The topological polar surface area (TPSA) is 75.7 Å². The van der Waals surface area contributed by atoms with Gasteiger partial charge in [-0.05, 0) is 92.1 Å². The summed E-state index contributed by atoms with van der Waals surface area (Å²) in [5.41, 5.74) is 3.66. The molecule has 0 aliphatic carbocycles. The molecule has 3 aromatic carbocycles. The molecular weight excluding hydrogens is 431 g/mol. The van der Waals surface area contributed by atoms with Gasteiger partial charge >= 0.3 is 0 Å². The summed E-state index contributed by atoms with van der Waals surface area (Å²) in [5, 5.41) is 0. The fourth-order valence-electron chi connectivity index (χ4n) is 3.01. The Bertz CT molecular complexity index is 1240. The molecule has 1 N–H and O–H groups in total. The van der Waals surface area contributed by atoms with Gasteiger partial charge in [-0.15, -0.1) is 0 Å². The average Bonchev–Trinajstić information content (AvgIpc) is 2.75. The summed E-state index contributed by atoms with van der Waals surface area (Å²) in [4.78, 5) is 13.9. The normalized spacial score (nSPS) is 11.2. The van der Waals surface area contributed by atoms with E-state index in [1.54, 1.807) is 26.1 Å². The van der Waals surface area contributed by atoms with E-state index in [9.17, 15) is 17.6 Å². The highest BCUT2D eigenvalue weighted by Crippen LogP contribution is 2.24. The molecule has 3 rings (SSSR count). The number of benzene rings is 3. The smallest absolute Gasteiger partial charge is 0.264 e. The number of hydrogen-bond acceptors (Lipinski definition) is 4. The van der Waals surface area contributed by atoms with Crippen molar-refractivity contribution in [2.75, 3.05) is 23.3 Å². The van der Waals surface area contributed by atoms with Gasteiger partial charge in [0.2, 0.25) is 0 Å². The first-order chi connectivity index (χ1) is 15.1. The van der Waals surface area contributed by atoms with Crippen LogP contribution in [0.3, 0.4) is 0 Å². The Labute approximate surface area is 187 Å². The largest absolute Gasteiger partial charge is 0.483 e. The zero-order valence-corrected chi connectivity index (χ0v) is 19.2. The molecule has 0 atom stereocenters. The van der Waals surface area contributed by atoms with Crippen LogP contribution >= 0.6 is 0 Å². The van der Waals surface area contributed by atoms with Crippen LogP contribution in [-0.4, -0.2) is 28.0 Å². The standard InChI is InChI=1S/C24H25FN2O4S/c1-16-5-8-20(13-17(16)2)26-32(29,30)22-11-12-23(18(3)14-22)31-15-24(28)27(4)21-9-6-19(25)7-10-21/h5-14,26H,15H2,1-4H3. The Morgan fingerprint density at radius 1 is 0.938 bits per heavy atom. The summed E-state index contributed by atoms with van der Waals surface area (Å²) in [5.74, 6) is -0.316. The number of ether oxygens (including phenoxy) is 1. The first kappa shape index (κ1) is 23.3. The van der Waals surface area contributed by atoms with E-state index in [0.29, 0.717) is 22.7 Å².